The zero-order chi connectivity index (χ0) is 29.3. The number of carbonyl (C=O) groups excluding carboxylic acids is 3. The molecule has 0 aliphatic carbocycles. The number of rotatable bonds is 6. The first-order valence-electron chi connectivity index (χ1n) is 13.4. The summed E-state index contributed by atoms with van der Waals surface area (Å²) in [5, 5.41) is 8.29. The number of anilines is 3. The molecule has 0 aromatic heterocycles. The fourth-order valence-electron chi connectivity index (χ4n) is 5.09. The van der Waals surface area contributed by atoms with Gasteiger partial charge in [-0.2, -0.15) is 0 Å². The smallest absolute Gasteiger partial charge is 0.258 e. The van der Waals surface area contributed by atoms with Crippen LogP contribution in [0.15, 0.2) is 78.9 Å². The molecule has 1 aliphatic rings. The lowest BCUT2D eigenvalue weighted by Gasteiger charge is -2.27. The molecule has 0 spiro atoms. The summed E-state index contributed by atoms with van der Waals surface area (Å²) in [7, 11) is 1.67. The van der Waals surface area contributed by atoms with Crippen LogP contribution in [0.2, 0.25) is 5.02 Å². The fourth-order valence-corrected chi connectivity index (χ4v) is 5.26. The van der Waals surface area contributed by atoms with Gasteiger partial charge in [-0.25, -0.2) is 0 Å². The summed E-state index contributed by atoms with van der Waals surface area (Å²) < 4.78 is 0. The second-order valence-electron chi connectivity index (χ2n) is 10.2. The Labute approximate surface area is 256 Å². The van der Waals surface area contributed by atoms with E-state index in [0.29, 0.717) is 27.6 Å². The van der Waals surface area contributed by atoms with Crippen LogP contribution in [0.3, 0.4) is 0 Å². The standard InChI is InChI=1S/C32H32ClN5O3.ClH/c1-19-8-9-21-6-4-5-7-25(21)26(19)17-37-28-15-12-23(33)16-29(28)38(31(40)22-10-13-24(34)14-11-22)18-27(32(37)41)36-30(39)20(2)35-3;/h4-16,20,27,35H,17-18,34H2,1-3H3,(H,36,39);1H. The summed E-state index contributed by atoms with van der Waals surface area (Å²) in [6, 6.07) is 22.3. The molecule has 1 aliphatic heterocycles. The molecule has 4 aromatic carbocycles. The highest BCUT2D eigenvalue weighted by Crippen LogP contribution is 2.38. The van der Waals surface area contributed by atoms with Crippen LogP contribution in [-0.2, 0) is 16.1 Å². The molecule has 1 heterocycles. The lowest BCUT2D eigenvalue weighted by Crippen LogP contribution is -2.55. The number of likely N-dealkylation sites (N-methyl/N-ethyl adjacent to an activating group) is 1. The highest BCUT2D eigenvalue weighted by Gasteiger charge is 2.38. The lowest BCUT2D eigenvalue weighted by atomic mass is 9.99. The summed E-state index contributed by atoms with van der Waals surface area (Å²) in [6.45, 7) is 3.87. The minimum atomic E-state index is -1.02. The average molecular weight is 607 g/mol. The molecule has 42 heavy (non-hydrogen) atoms. The van der Waals surface area contributed by atoms with E-state index in [2.05, 4.69) is 16.7 Å². The monoisotopic (exact) mass is 605 g/mol. The molecule has 0 fully saturated rings. The zero-order valence-electron chi connectivity index (χ0n) is 23.6. The minimum Gasteiger partial charge on any atom is -0.399 e. The molecular formula is C32H33Cl2N5O3. The number of carbonyl (C=O) groups is 3. The molecule has 0 bridgehead atoms. The maximum absolute atomic E-state index is 14.3. The van der Waals surface area contributed by atoms with Gasteiger partial charge in [0.05, 0.1) is 30.5 Å². The van der Waals surface area contributed by atoms with Gasteiger partial charge in [0, 0.05) is 16.3 Å². The SMILES string of the molecule is CNC(C)C(=O)NC1CN(C(=O)c2ccc(N)cc2)c2cc(Cl)ccc2N(Cc2c(C)ccc3ccccc23)C1=O.Cl. The van der Waals surface area contributed by atoms with Crippen LogP contribution in [0, 0.1) is 6.92 Å². The van der Waals surface area contributed by atoms with Crippen molar-refractivity contribution in [3.8, 4) is 0 Å². The Balaban J connectivity index is 0.00000405. The Bertz CT molecular complexity index is 1640. The van der Waals surface area contributed by atoms with E-state index in [1.54, 1.807) is 61.3 Å². The number of halogens is 2. The van der Waals surface area contributed by atoms with Crippen molar-refractivity contribution in [1.29, 1.82) is 0 Å². The first-order chi connectivity index (χ1) is 19.7. The van der Waals surface area contributed by atoms with Crippen LogP contribution < -0.4 is 26.2 Å². The lowest BCUT2D eigenvalue weighted by molar-refractivity contribution is -0.128. The Morgan fingerprint density at radius 3 is 2.45 bits per heavy atom. The van der Waals surface area contributed by atoms with Gasteiger partial charge < -0.3 is 26.2 Å². The number of hydrogen-bond acceptors (Lipinski definition) is 5. The number of nitrogens with two attached hydrogens (primary N) is 1. The summed E-state index contributed by atoms with van der Waals surface area (Å²) in [6.07, 6.45) is 0. The minimum absolute atomic E-state index is 0. The Hall–Kier alpha value is -4.11. The van der Waals surface area contributed by atoms with E-state index in [1.165, 1.54) is 4.90 Å². The molecule has 3 amide bonds. The summed E-state index contributed by atoms with van der Waals surface area (Å²) in [5.41, 5.74) is 9.78. The topological polar surface area (TPSA) is 108 Å². The predicted octanol–water partition coefficient (Wildman–Crippen LogP) is 5.09. The molecule has 4 N–H and O–H groups in total. The summed E-state index contributed by atoms with van der Waals surface area (Å²) in [4.78, 5) is 44.5. The van der Waals surface area contributed by atoms with Crippen LogP contribution in [0.25, 0.3) is 10.8 Å². The van der Waals surface area contributed by atoms with Gasteiger partial charge >= 0.3 is 0 Å². The third kappa shape index (κ3) is 6.06. The number of hydrogen-bond donors (Lipinski definition) is 3. The molecular weight excluding hydrogens is 573 g/mol. The molecule has 0 saturated heterocycles. The van der Waals surface area contributed by atoms with Crippen molar-refractivity contribution in [2.75, 3.05) is 29.1 Å². The first kappa shape index (κ1) is 30.8. The van der Waals surface area contributed by atoms with Gasteiger partial charge in [-0.05, 0) is 85.3 Å². The van der Waals surface area contributed by atoms with Crippen LogP contribution in [-0.4, -0.2) is 43.4 Å². The number of aryl methyl sites for hydroxylation is 1. The van der Waals surface area contributed by atoms with E-state index in [0.717, 1.165) is 21.9 Å². The molecule has 218 valence electrons. The third-order valence-corrected chi connectivity index (χ3v) is 7.82. The van der Waals surface area contributed by atoms with Crippen molar-refractivity contribution in [3.05, 3.63) is 101 Å². The van der Waals surface area contributed by atoms with Gasteiger partial charge in [0.2, 0.25) is 5.91 Å². The van der Waals surface area contributed by atoms with Gasteiger partial charge in [-0.1, -0.05) is 48.0 Å². The number of amides is 3. The molecule has 5 rings (SSSR count). The number of nitrogens with one attached hydrogen (secondary N) is 2. The van der Waals surface area contributed by atoms with Gasteiger partial charge in [0.25, 0.3) is 11.8 Å². The number of fused-ring (bicyclic) bond motifs is 2. The number of benzene rings is 4. The highest BCUT2D eigenvalue weighted by molar-refractivity contribution is 6.31. The van der Waals surface area contributed by atoms with E-state index >= 15 is 0 Å². The highest BCUT2D eigenvalue weighted by atomic mass is 35.5. The van der Waals surface area contributed by atoms with Gasteiger partial charge in [0.1, 0.15) is 6.04 Å². The van der Waals surface area contributed by atoms with Gasteiger partial charge in [0.15, 0.2) is 0 Å². The molecule has 8 nitrogen and oxygen atoms in total. The van der Waals surface area contributed by atoms with E-state index in [9.17, 15) is 14.4 Å². The van der Waals surface area contributed by atoms with Crippen LogP contribution in [0.5, 0.6) is 0 Å². The largest absolute Gasteiger partial charge is 0.399 e. The van der Waals surface area contributed by atoms with Gasteiger partial charge in [-0.15, -0.1) is 12.4 Å². The number of nitrogen functional groups attached to an aromatic ring is 1. The number of nitrogens with zero attached hydrogens (tertiary/aromatic N) is 2. The Kier molecular flexibility index (Phi) is 9.41. The summed E-state index contributed by atoms with van der Waals surface area (Å²) in [5.74, 6) is -1.02. The zero-order valence-corrected chi connectivity index (χ0v) is 25.1. The average Bonchev–Trinajstić information content (AvgIpc) is 3.08. The van der Waals surface area contributed by atoms with E-state index in [4.69, 9.17) is 17.3 Å². The van der Waals surface area contributed by atoms with Crippen molar-refractivity contribution >= 4 is 69.6 Å². The summed E-state index contributed by atoms with van der Waals surface area (Å²) >= 11 is 6.46. The second-order valence-corrected chi connectivity index (χ2v) is 10.7. The molecule has 0 radical (unpaired) electrons. The van der Waals surface area contributed by atoms with E-state index in [-0.39, 0.29) is 43.2 Å². The van der Waals surface area contributed by atoms with E-state index < -0.39 is 12.1 Å². The first-order valence-corrected chi connectivity index (χ1v) is 13.8. The third-order valence-electron chi connectivity index (χ3n) is 7.58. The van der Waals surface area contributed by atoms with Crippen molar-refractivity contribution in [2.45, 2.75) is 32.5 Å². The normalized spacial score (nSPS) is 15.4. The Morgan fingerprint density at radius 1 is 1.02 bits per heavy atom. The van der Waals surface area contributed by atoms with Crippen LogP contribution in [0.4, 0.5) is 17.1 Å². The molecule has 2 atom stereocenters. The van der Waals surface area contributed by atoms with Crippen molar-refractivity contribution in [2.24, 2.45) is 0 Å². The predicted molar refractivity (Wildman–Crippen MR) is 172 cm³/mol. The maximum Gasteiger partial charge on any atom is 0.258 e. The van der Waals surface area contributed by atoms with Crippen LogP contribution in [0.1, 0.15) is 28.4 Å². The molecule has 10 heteroatoms. The maximum atomic E-state index is 14.3. The molecule has 0 saturated carbocycles. The van der Waals surface area contributed by atoms with Crippen LogP contribution >= 0.6 is 24.0 Å². The molecule has 2 unspecified atom stereocenters. The second kappa shape index (κ2) is 12.8. The fraction of sp³-hybridized carbons (Fsp3) is 0.219. The van der Waals surface area contributed by atoms with Crippen molar-refractivity contribution in [1.82, 2.24) is 10.6 Å². The molecule has 4 aromatic rings. The van der Waals surface area contributed by atoms with E-state index in [1.807, 2.05) is 37.3 Å². The quantitative estimate of drug-likeness (QED) is 0.265. The van der Waals surface area contributed by atoms with Gasteiger partial charge in [-0.3, -0.25) is 14.4 Å². The van der Waals surface area contributed by atoms with Crippen molar-refractivity contribution in [3.63, 3.8) is 0 Å². The van der Waals surface area contributed by atoms with Crippen molar-refractivity contribution < 1.29 is 14.4 Å². The Morgan fingerprint density at radius 2 is 1.74 bits per heavy atom.